The van der Waals surface area contributed by atoms with Gasteiger partial charge in [0.15, 0.2) is 0 Å². The lowest BCUT2D eigenvalue weighted by atomic mass is 9.92. The van der Waals surface area contributed by atoms with Crippen LogP contribution in [0.25, 0.3) is 0 Å². The van der Waals surface area contributed by atoms with Gasteiger partial charge in [-0.15, -0.1) is 0 Å². The number of hydrogen-bond donors (Lipinski definition) is 1. The van der Waals surface area contributed by atoms with Gasteiger partial charge in [0.2, 0.25) is 5.91 Å². The first-order valence-corrected chi connectivity index (χ1v) is 7.95. The van der Waals surface area contributed by atoms with E-state index < -0.39 is 0 Å². The van der Waals surface area contributed by atoms with E-state index in [0.29, 0.717) is 5.91 Å². The number of nitrogens with zero attached hydrogens (tertiary/aromatic N) is 1. The first kappa shape index (κ1) is 13.4. The molecule has 4 nitrogen and oxygen atoms in total. The average molecular weight is 266 g/mol. The molecule has 0 aromatic heterocycles. The van der Waals surface area contributed by atoms with Gasteiger partial charge in [-0.3, -0.25) is 4.79 Å². The van der Waals surface area contributed by atoms with Gasteiger partial charge in [-0.2, -0.15) is 0 Å². The SMILES string of the molecule is O=C(C1CCCN1)N1CCOC2(CCCCCC2)C1. The van der Waals surface area contributed by atoms with Gasteiger partial charge in [-0.1, -0.05) is 25.7 Å². The second kappa shape index (κ2) is 5.80. The third kappa shape index (κ3) is 2.95. The highest BCUT2D eigenvalue weighted by molar-refractivity contribution is 5.82. The van der Waals surface area contributed by atoms with Gasteiger partial charge in [0, 0.05) is 13.1 Å². The van der Waals surface area contributed by atoms with Gasteiger partial charge >= 0.3 is 0 Å². The van der Waals surface area contributed by atoms with Crippen molar-refractivity contribution in [2.24, 2.45) is 0 Å². The summed E-state index contributed by atoms with van der Waals surface area (Å²) < 4.78 is 6.12. The molecule has 0 radical (unpaired) electrons. The van der Waals surface area contributed by atoms with Crippen LogP contribution in [0.3, 0.4) is 0 Å². The van der Waals surface area contributed by atoms with Crippen molar-refractivity contribution in [1.82, 2.24) is 10.2 Å². The van der Waals surface area contributed by atoms with Crippen molar-refractivity contribution in [3.63, 3.8) is 0 Å². The summed E-state index contributed by atoms with van der Waals surface area (Å²) in [6.07, 6.45) is 9.55. The summed E-state index contributed by atoms with van der Waals surface area (Å²) in [6.45, 7) is 3.31. The Kier molecular flexibility index (Phi) is 4.08. The quantitative estimate of drug-likeness (QED) is 0.785. The van der Waals surface area contributed by atoms with Crippen LogP contribution < -0.4 is 5.32 Å². The molecule has 2 aliphatic heterocycles. The summed E-state index contributed by atoms with van der Waals surface area (Å²) in [5, 5.41) is 3.33. The molecule has 1 unspecified atom stereocenters. The fourth-order valence-electron chi connectivity index (χ4n) is 3.82. The first-order valence-electron chi connectivity index (χ1n) is 7.95. The molecule has 0 aromatic carbocycles. The maximum Gasteiger partial charge on any atom is 0.239 e. The largest absolute Gasteiger partial charge is 0.371 e. The highest BCUT2D eigenvalue weighted by atomic mass is 16.5. The fraction of sp³-hybridized carbons (Fsp3) is 0.933. The van der Waals surface area contributed by atoms with Crippen LogP contribution in [0, 0.1) is 0 Å². The van der Waals surface area contributed by atoms with Crippen molar-refractivity contribution >= 4 is 5.91 Å². The molecule has 3 fully saturated rings. The number of amides is 1. The van der Waals surface area contributed by atoms with E-state index in [-0.39, 0.29) is 11.6 Å². The van der Waals surface area contributed by atoms with Crippen molar-refractivity contribution < 1.29 is 9.53 Å². The number of carbonyl (C=O) groups excluding carboxylic acids is 1. The van der Waals surface area contributed by atoms with Crippen LogP contribution in [0.15, 0.2) is 0 Å². The molecule has 1 spiro atoms. The van der Waals surface area contributed by atoms with Crippen LogP contribution in [0.4, 0.5) is 0 Å². The molecule has 3 rings (SSSR count). The lowest BCUT2D eigenvalue weighted by Gasteiger charge is -2.43. The van der Waals surface area contributed by atoms with Gasteiger partial charge in [-0.05, 0) is 32.2 Å². The fourth-order valence-corrected chi connectivity index (χ4v) is 3.82. The monoisotopic (exact) mass is 266 g/mol. The maximum atomic E-state index is 12.5. The van der Waals surface area contributed by atoms with Gasteiger partial charge in [0.25, 0.3) is 0 Å². The van der Waals surface area contributed by atoms with Crippen LogP contribution in [-0.2, 0) is 9.53 Å². The minimum Gasteiger partial charge on any atom is -0.371 e. The number of ether oxygens (including phenoxy) is 1. The van der Waals surface area contributed by atoms with Crippen molar-refractivity contribution in [1.29, 1.82) is 0 Å². The maximum absolute atomic E-state index is 12.5. The topological polar surface area (TPSA) is 41.6 Å². The molecule has 2 heterocycles. The Morgan fingerprint density at radius 1 is 1.16 bits per heavy atom. The molecule has 1 saturated carbocycles. The molecule has 0 bridgehead atoms. The van der Waals surface area contributed by atoms with Crippen LogP contribution in [0.1, 0.15) is 51.4 Å². The summed E-state index contributed by atoms with van der Waals surface area (Å²) in [4.78, 5) is 14.6. The van der Waals surface area contributed by atoms with Gasteiger partial charge in [-0.25, -0.2) is 0 Å². The lowest BCUT2D eigenvalue weighted by Crippen LogP contribution is -2.56. The predicted molar refractivity (Wildman–Crippen MR) is 74.0 cm³/mol. The van der Waals surface area contributed by atoms with E-state index in [9.17, 15) is 4.79 Å². The Morgan fingerprint density at radius 3 is 2.63 bits per heavy atom. The van der Waals surface area contributed by atoms with Crippen molar-refractivity contribution in [2.75, 3.05) is 26.2 Å². The van der Waals surface area contributed by atoms with E-state index in [2.05, 4.69) is 10.2 Å². The summed E-state index contributed by atoms with van der Waals surface area (Å²) in [6, 6.07) is 0.0703. The van der Waals surface area contributed by atoms with Crippen molar-refractivity contribution in [2.45, 2.75) is 63.0 Å². The molecule has 1 amide bonds. The molecular weight excluding hydrogens is 240 g/mol. The Bertz CT molecular complexity index is 318. The molecule has 108 valence electrons. The summed E-state index contributed by atoms with van der Waals surface area (Å²) in [5.74, 6) is 0.310. The van der Waals surface area contributed by atoms with Crippen molar-refractivity contribution in [3.05, 3.63) is 0 Å². The molecule has 1 N–H and O–H groups in total. The van der Waals surface area contributed by atoms with Crippen LogP contribution in [0.2, 0.25) is 0 Å². The van der Waals surface area contributed by atoms with Crippen LogP contribution in [0.5, 0.6) is 0 Å². The van der Waals surface area contributed by atoms with E-state index >= 15 is 0 Å². The molecule has 4 heteroatoms. The Labute approximate surface area is 115 Å². The zero-order valence-electron chi connectivity index (χ0n) is 11.8. The summed E-state index contributed by atoms with van der Waals surface area (Å²) in [5.41, 5.74) is -0.0248. The van der Waals surface area contributed by atoms with E-state index in [1.807, 2.05) is 0 Å². The molecule has 3 aliphatic rings. The molecule has 1 aliphatic carbocycles. The third-order valence-electron chi connectivity index (χ3n) is 4.93. The number of hydrogen-bond acceptors (Lipinski definition) is 3. The zero-order valence-corrected chi connectivity index (χ0v) is 11.8. The Balaban J connectivity index is 1.64. The Hall–Kier alpha value is -0.610. The predicted octanol–water partition coefficient (Wildman–Crippen LogP) is 1.69. The van der Waals surface area contributed by atoms with E-state index in [4.69, 9.17) is 4.74 Å². The van der Waals surface area contributed by atoms with Gasteiger partial charge < -0.3 is 15.0 Å². The minimum atomic E-state index is -0.0248. The van der Waals surface area contributed by atoms with Crippen LogP contribution >= 0.6 is 0 Å². The normalized spacial score (nSPS) is 31.4. The first-order chi connectivity index (χ1) is 9.29. The number of rotatable bonds is 1. The third-order valence-corrected chi connectivity index (χ3v) is 4.93. The summed E-state index contributed by atoms with van der Waals surface area (Å²) >= 11 is 0. The van der Waals surface area contributed by atoms with E-state index in [1.165, 1.54) is 25.7 Å². The average Bonchev–Trinajstić information content (AvgIpc) is 2.88. The molecule has 19 heavy (non-hydrogen) atoms. The zero-order chi connectivity index (χ0) is 13.1. The second-order valence-electron chi connectivity index (χ2n) is 6.35. The highest BCUT2D eigenvalue weighted by Gasteiger charge is 2.40. The summed E-state index contributed by atoms with van der Waals surface area (Å²) in [7, 11) is 0. The Morgan fingerprint density at radius 2 is 1.95 bits per heavy atom. The minimum absolute atomic E-state index is 0.0248. The van der Waals surface area contributed by atoms with E-state index in [1.54, 1.807) is 0 Å². The molecule has 1 atom stereocenters. The second-order valence-corrected chi connectivity index (χ2v) is 6.35. The number of nitrogens with one attached hydrogen (secondary N) is 1. The van der Waals surface area contributed by atoms with Gasteiger partial charge in [0.05, 0.1) is 18.2 Å². The molecule has 2 saturated heterocycles. The lowest BCUT2D eigenvalue weighted by molar-refractivity contribution is -0.154. The van der Waals surface area contributed by atoms with E-state index in [0.717, 1.165) is 51.9 Å². The smallest absolute Gasteiger partial charge is 0.239 e. The molecule has 0 aromatic rings. The van der Waals surface area contributed by atoms with Gasteiger partial charge in [0.1, 0.15) is 0 Å². The molecular formula is C15H26N2O2. The standard InChI is InChI=1S/C15H26N2O2/c18-14(13-6-5-9-16-13)17-10-11-19-15(12-17)7-3-1-2-4-8-15/h13,16H,1-12H2. The number of morpholine rings is 1. The number of carbonyl (C=O) groups is 1. The highest BCUT2D eigenvalue weighted by Crippen LogP contribution is 2.33. The van der Waals surface area contributed by atoms with Crippen LogP contribution in [-0.4, -0.2) is 48.7 Å². The van der Waals surface area contributed by atoms with Crippen molar-refractivity contribution in [3.8, 4) is 0 Å².